The molecule has 0 bridgehead atoms. The second-order valence-electron chi connectivity index (χ2n) is 4.93. The van der Waals surface area contributed by atoms with Crippen LogP contribution in [0.5, 0.6) is 0 Å². The highest BCUT2D eigenvalue weighted by atomic mass is 16.4. The van der Waals surface area contributed by atoms with E-state index in [1.807, 2.05) is 0 Å². The van der Waals surface area contributed by atoms with Crippen LogP contribution in [0.3, 0.4) is 0 Å². The lowest BCUT2D eigenvalue weighted by molar-refractivity contribution is -0.152. The minimum Gasteiger partial charge on any atom is -0.481 e. The second kappa shape index (κ2) is 20.1. The first kappa shape index (κ1) is 33.9. The summed E-state index contributed by atoms with van der Waals surface area (Å²) < 4.78 is 0. The maximum Gasteiger partial charge on any atom is 0.371 e. The van der Waals surface area contributed by atoms with Crippen LogP contribution in [-0.2, 0) is 38.4 Å². The summed E-state index contributed by atoms with van der Waals surface area (Å²) >= 11 is 0. The molecule has 0 aliphatic carbocycles. The van der Waals surface area contributed by atoms with Crippen molar-refractivity contribution < 1.29 is 69.0 Å². The van der Waals surface area contributed by atoms with E-state index >= 15 is 0 Å². The van der Waals surface area contributed by atoms with Crippen LogP contribution < -0.4 is 0 Å². The molecular formula is C16H24O14. The molecule has 0 aromatic carbocycles. The molecule has 6 N–H and O–H groups in total. The van der Waals surface area contributed by atoms with Crippen LogP contribution >= 0.6 is 0 Å². The fourth-order valence-electron chi connectivity index (χ4n) is 0.716. The molecule has 0 amide bonds. The third-order valence-corrected chi connectivity index (χ3v) is 2.22. The Hall–Kier alpha value is -3.68. The maximum absolute atomic E-state index is 10.2. The van der Waals surface area contributed by atoms with Crippen LogP contribution in [-0.4, -0.2) is 83.9 Å². The molecule has 0 fully saturated rings. The van der Waals surface area contributed by atoms with E-state index in [9.17, 15) is 38.4 Å². The fraction of sp³-hybridized carbons (Fsp3) is 0.500. The summed E-state index contributed by atoms with van der Waals surface area (Å²) in [6, 6.07) is 0. The molecule has 172 valence electrons. The number of aliphatic hydroxyl groups excluding tert-OH is 1. The van der Waals surface area contributed by atoms with Gasteiger partial charge in [-0.1, -0.05) is 6.92 Å². The molecule has 1 unspecified atom stereocenters. The van der Waals surface area contributed by atoms with Crippen LogP contribution in [0.15, 0.2) is 0 Å². The summed E-state index contributed by atoms with van der Waals surface area (Å²) in [7, 11) is 0. The van der Waals surface area contributed by atoms with Gasteiger partial charge in [0.1, 0.15) is 0 Å². The first-order chi connectivity index (χ1) is 13.5. The summed E-state index contributed by atoms with van der Waals surface area (Å²) in [6.45, 7) is 3.96. The number of hydrogen-bond acceptors (Lipinski definition) is 9. The lowest BCUT2D eigenvalue weighted by atomic mass is 10.2. The Bertz CT molecular complexity index is 608. The van der Waals surface area contributed by atoms with Gasteiger partial charge < -0.3 is 30.6 Å². The van der Waals surface area contributed by atoms with E-state index in [4.69, 9.17) is 30.6 Å². The van der Waals surface area contributed by atoms with Crippen LogP contribution in [0, 0.1) is 0 Å². The van der Waals surface area contributed by atoms with Crippen LogP contribution in [0.1, 0.15) is 46.5 Å². The number of carbonyl (C=O) groups excluding carboxylic acids is 3. The summed E-state index contributed by atoms with van der Waals surface area (Å²) in [6.07, 6.45) is -2.81. The molecule has 1 atom stereocenters. The van der Waals surface area contributed by atoms with Crippen molar-refractivity contribution in [3.05, 3.63) is 0 Å². The molecule has 0 rings (SSSR count). The zero-order valence-electron chi connectivity index (χ0n) is 16.4. The van der Waals surface area contributed by atoms with Gasteiger partial charge in [0.2, 0.25) is 5.78 Å². The zero-order chi connectivity index (χ0) is 25.0. The molecule has 0 radical (unpaired) electrons. The number of hydrogen-bond donors (Lipinski definition) is 6. The smallest absolute Gasteiger partial charge is 0.371 e. The third kappa shape index (κ3) is 35.4. The summed E-state index contributed by atoms with van der Waals surface area (Å²) in [5, 5.41) is 47.6. The van der Waals surface area contributed by atoms with Gasteiger partial charge in [-0.2, -0.15) is 0 Å². The highest BCUT2D eigenvalue weighted by Gasteiger charge is 2.16. The summed E-state index contributed by atoms with van der Waals surface area (Å²) in [4.78, 5) is 77.8. The standard InChI is InChI=1S/C5H8O2.C4H6O5.C4H6O4.C3H4O3/c1-3-5(7)4(2)6;5-2(4(8)9)1-3(6)7;5-3(6)1-2-4(7)8;1-2(4)3(5)6/h3H2,1-2H3;2,5H,1H2,(H,6,7)(H,8,9);1-2H2,(H,5,6)(H,7,8);1H3,(H,5,6). The molecule has 0 aliphatic heterocycles. The van der Waals surface area contributed by atoms with Crippen LogP contribution in [0.25, 0.3) is 0 Å². The normalized spacial score (nSPS) is 9.47. The first-order valence-electron chi connectivity index (χ1n) is 7.83. The Kier molecular flexibility index (Phi) is 22.7. The van der Waals surface area contributed by atoms with Crippen molar-refractivity contribution in [2.75, 3.05) is 0 Å². The van der Waals surface area contributed by atoms with E-state index in [-0.39, 0.29) is 24.4 Å². The predicted octanol–water partition coefficient (Wildman–Crippen LogP) is -0.943. The van der Waals surface area contributed by atoms with Crippen molar-refractivity contribution in [2.45, 2.75) is 52.6 Å². The molecule has 0 spiro atoms. The lowest BCUT2D eigenvalue weighted by Crippen LogP contribution is -2.22. The SMILES string of the molecule is CC(=O)C(=O)O.CCC(=O)C(C)=O.O=C(O)CC(O)C(=O)O.O=C(O)CCC(=O)O. The number of Topliss-reactive ketones (excluding diaryl/α,β-unsaturated/α-hetero) is 3. The molecular weight excluding hydrogens is 416 g/mol. The molecule has 0 aliphatic rings. The van der Waals surface area contributed by atoms with E-state index in [1.54, 1.807) is 6.92 Å². The van der Waals surface area contributed by atoms with Crippen LogP contribution in [0.2, 0.25) is 0 Å². The summed E-state index contributed by atoms with van der Waals surface area (Å²) in [5.74, 6) is -7.84. The van der Waals surface area contributed by atoms with Gasteiger partial charge in [0.15, 0.2) is 17.7 Å². The summed E-state index contributed by atoms with van der Waals surface area (Å²) in [5.41, 5.74) is 0. The minimum atomic E-state index is -1.79. The average molecular weight is 440 g/mol. The number of carbonyl (C=O) groups is 8. The monoisotopic (exact) mass is 440 g/mol. The Balaban J connectivity index is -0.000000152. The van der Waals surface area contributed by atoms with Gasteiger partial charge in [0, 0.05) is 20.3 Å². The minimum absolute atomic E-state index is 0.292. The fourth-order valence-corrected chi connectivity index (χ4v) is 0.716. The largest absolute Gasteiger partial charge is 0.481 e. The van der Waals surface area contributed by atoms with Gasteiger partial charge in [-0.05, 0) is 0 Å². The molecule has 0 aromatic heterocycles. The van der Waals surface area contributed by atoms with Gasteiger partial charge in [-0.15, -0.1) is 0 Å². The van der Waals surface area contributed by atoms with Crippen LogP contribution in [0.4, 0.5) is 0 Å². The molecule has 14 heteroatoms. The third-order valence-electron chi connectivity index (χ3n) is 2.22. The number of ketones is 3. The molecule has 0 saturated heterocycles. The maximum atomic E-state index is 10.2. The van der Waals surface area contributed by atoms with Gasteiger partial charge in [0.05, 0.1) is 19.3 Å². The number of carboxylic acids is 5. The molecule has 0 aromatic rings. The topological polar surface area (TPSA) is 258 Å². The van der Waals surface area contributed by atoms with E-state index in [0.29, 0.717) is 6.42 Å². The van der Waals surface area contributed by atoms with E-state index < -0.39 is 48.2 Å². The van der Waals surface area contributed by atoms with Gasteiger partial charge in [-0.25, -0.2) is 9.59 Å². The van der Waals surface area contributed by atoms with Crippen molar-refractivity contribution in [1.82, 2.24) is 0 Å². The van der Waals surface area contributed by atoms with Crippen molar-refractivity contribution in [2.24, 2.45) is 0 Å². The van der Waals surface area contributed by atoms with Gasteiger partial charge >= 0.3 is 29.8 Å². The Labute approximate surface area is 169 Å². The van der Waals surface area contributed by atoms with Crippen molar-refractivity contribution >= 4 is 47.2 Å². The molecule has 14 nitrogen and oxygen atoms in total. The Morgan fingerprint density at radius 3 is 1.07 bits per heavy atom. The van der Waals surface area contributed by atoms with Crippen molar-refractivity contribution in [3.8, 4) is 0 Å². The second-order valence-corrected chi connectivity index (χ2v) is 4.93. The average Bonchev–Trinajstić information content (AvgIpc) is 2.60. The van der Waals surface area contributed by atoms with Gasteiger partial charge in [-0.3, -0.25) is 28.8 Å². The quantitative estimate of drug-likeness (QED) is 0.236. The zero-order valence-corrected chi connectivity index (χ0v) is 16.4. The van der Waals surface area contributed by atoms with E-state index in [2.05, 4.69) is 0 Å². The Morgan fingerprint density at radius 2 is 1.00 bits per heavy atom. The molecule has 0 saturated carbocycles. The number of rotatable bonds is 9. The highest BCUT2D eigenvalue weighted by Crippen LogP contribution is 1.89. The van der Waals surface area contributed by atoms with E-state index in [0.717, 1.165) is 6.92 Å². The predicted molar refractivity (Wildman–Crippen MR) is 94.7 cm³/mol. The number of aliphatic carboxylic acids is 5. The lowest BCUT2D eigenvalue weighted by Gasteiger charge is -1.97. The Morgan fingerprint density at radius 1 is 0.667 bits per heavy atom. The number of aliphatic hydroxyl groups is 1. The molecule has 0 heterocycles. The van der Waals surface area contributed by atoms with Gasteiger partial charge in [0.25, 0.3) is 0 Å². The van der Waals surface area contributed by atoms with Crippen molar-refractivity contribution in [3.63, 3.8) is 0 Å². The highest BCUT2D eigenvalue weighted by molar-refractivity contribution is 6.36. The first-order valence-corrected chi connectivity index (χ1v) is 7.83. The number of carboxylic acid groups (broad SMARTS) is 5. The molecule has 30 heavy (non-hydrogen) atoms. The van der Waals surface area contributed by atoms with Crippen molar-refractivity contribution in [1.29, 1.82) is 0 Å². The van der Waals surface area contributed by atoms with E-state index in [1.165, 1.54) is 6.92 Å².